The summed E-state index contributed by atoms with van der Waals surface area (Å²) in [6.45, 7) is 1.51. The second-order valence-electron chi connectivity index (χ2n) is 6.27. The lowest BCUT2D eigenvalue weighted by atomic mass is 10.1. The van der Waals surface area contributed by atoms with E-state index in [9.17, 15) is 14.0 Å². The number of carbonyl (C=O) groups is 2. The van der Waals surface area contributed by atoms with Crippen molar-refractivity contribution in [2.24, 2.45) is 0 Å². The molecule has 3 rings (SSSR count). The predicted octanol–water partition coefficient (Wildman–Crippen LogP) is 4.10. The van der Waals surface area contributed by atoms with Gasteiger partial charge in [-0.05, 0) is 55.2 Å². The minimum atomic E-state index is -0.340. The zero-order valence-corrected chi connectivity index (χ0v) is 14.5. The molecule has 0 saturated carbocycles. The molecule has 1 N–H and O–H groups in total. The van der Waals surface area contributed by atoms with Crippen molar-refractivity contribution >= 4 is 23.6 Å². The van der Waals surface area contributed by atoms with Gasteiger partial charge in [-0.1, -0.05) is 24.3 Å². The summed E-state index contributed by atoms with van der Waals surface area (Å²) in [5, 5.41) is 2.76. The van der Waals surface area contributed by atoms with Gasteiger partial charge in [-0.2, -0.15) is 0 Å². The van der Waals surface area contributed by atoms with E-state index in [1.54, 1.807) is 42.5 Å². The number of hydrogen-bond donors (Lipinski definition) is 1. The Balaban J connectivity index is 1.70. The predicted molar refractivity (Wildman–Crippen MR) is 100 cm³/mol. The first kappa shape index (κ1) is 17.9. The van der Waals surface area contributed by atoms with Crippen LogP contribution in [0, 0.1) is 5.82 Å². The van der Waals surface area contributed by atoms with Crippen LogP contribution in [0.1, 0.15) is 35.2 Å². The van der Waals surface area contributed by atoms with Crippen molar-refractivity contribution in [1.82, 2.24) is 4.90 Å². The van der Waals surface area contributed by atoms with Crippen LogP contribution < -0.4 is 5.32 Å². The Morgan fingerprint density at radius 2 is 1.65 bits per heavy atom. The molecule has 0 atom stereocenters. The zero-order valence-electron chi connectivity index (χ0n) is 14.5. The van der Waals surface area contributed by atoms with Crippen LogP contribution in [0.5, 0.6) is 0 Å². The van der Waals surface area contributed by atoms with Gasteiger partial charge in [-0.15, -0.1) is 0 Å². The third kappa shape index (κ3) is 4.57. The summed E-state index contributed by atoms with van der Waals surface area (Å²) in [6.07, 6.45) is 6.15. The van der Waals surface area contributed by atoms with Gasteiger partial charge in [0.05, 0.1) is 11.3 Å². The molecule has 0 aromatic heterocycles. The first-order chi connectivity index (χ1) is 12.6. The number of halogens is 1. The first-order valence-electron chi connectivity index (χ1n) is 8.76. The second-order valence-corrected chi connectivity index (χ2v) is 6.27. The number of amides is 2. The molecule has 0 radical (unpaired) electrons. The molecule has 1 heterocycles. The number of benzene rings is 2. The molecule has 1 fully saturated rings. The molecule has 0 bridgehead atoms. The van der Waals surface area contributed by atoms with E-state index in [0.717, 1.165) is 37.9 Å². The number of nitrogens with zero attached hydrogens (tertiary/aromatic N) is 1. The summed E-state index contributed by atoms with van der Waals surface area (Å²) in [5.74, 6) is -0.715. The normalized spacial score (nSPS) is 14.4. The average molecular weight is 352 g/mol. The number of anilines is 1. The van der Waals surface area contributed by atoms with Crippen LogP contribution in [0.4, 0.5) is 10.1 Å². The minimum absolute atomic E-state index is 0.0527. The minimum Gasteiger partial charge on any atom is -0.339 e. The molecule has 1 saturated heterocycles. The van der Waals surface area contributed by atoms with Gasteiger partial charge in [0.1, 0.15) is 5.82 Å². The Labute approximate surface area is 152 Å². The van der Waals surface area contributed by atoms with E-state index >= 15 is 0 Å². The van der Waals surface area contributed by atoms with E-state index in [4.69, 9.17) is 0 Å². The van der Waals surface area contributed by atoms with Crippen LogP contribution in [0.15, 0.2) is 54.6 Å². The molecule has 2 amide bonds. The maximum absolute atomic E-state index is 12.9. The molecular weight excluding hydrogens is 331 g/mol. The van der Waals surface area contributed by atoms with Crippen molar-refractivity contribution in [2.75, 3.05) is 18.4 Å². The van der Waals surface area contributed by atoms with Gasteiger partial charge in [0.2, 0.25) is 5.91 Å². The maximum atomic E-state index is 12.9. The topological polar surface area (TPSA) is 49.4 Å². The molecule has 2 aromatic rings. The molecule has 5 heteroatoms. The summed E-state index contributed by atoms with van der Waals surface area (Å²) >= 11 is 0. The van der Waals surface area contributed by atoms with Gasteiger partial charge in [0, 0.05) is 19.2 Å². The molecule has 0 aliphatic carbocycles. The van der Waals surface area contributed by atoms with Crippen molar-refractivity contribution < 1.29 is 14.0 Å². The number of para-hydroxylation sites is 1. The quantitative estimate of drug-likeness (QED) is 0.842. The van der Waals surface area contributed by atoms with Crippen LogP contribution in [0.25, 0.3) is 6.08 Å². The van der Waals surface area contributed by atoms with Crippen LogP contribution in [-0.4, -0.2) is 29.8 Å². The average Bonchev–Trinajstić information content (AvgIpc) is 2.68. The highest BCUT2D eigenvalue weighted by Gasteiger charge is 2.20. The third-order valence-electron chi connectivity index (χ3n) is 4.36. The second kappa shape index (κ2) is 8.43. The highest BCUT2D eigenvalue weighted by Crippen LogP contribution is 2.20. The molecule has 0 unspecified atom stereocenters. The summed E-state index contributed by atoms with van der Waals surface area (Å²) in [4.78, 5) is 26.8. The Morgan fingerprint density at radius 1 is 0.962 bits per heavy atom. The number of likely N-dealkylation sites (tertiary alicyclic amines) is 1. The highest BCUT2D eigenvalue weighted by atomic mass is 19.1. The van der Waals surface area contributed by atoms with Crippen molar-refractivity contribution in [3.05, 3.63) is 71.6 Å². The van der Waals surface area contributed by atoms with Crippen LogP contribution in [0.3, 0.4) is 0 Å². The Bertz CT molecular complexity index is 809. The summed E-state index contributed by atoms with van der Waals surface area (Å²) < 4.78 is 12.9. The van der Waals surface area contributed by atoms with E-state index in [1.807, 2.05) is 4.90 Å². The van der Waals surface area contributed by atoms with Gasteiger partial charge in [-0.3, -0.25) is 9.59 Å². The van der Waals surface area contributed by atoms with Crippen molar-refractivity contribution in [1.29, 1.82) is 0 Å². The Kier molecular flexibility index (Phi) is 5.79. The third-order valence-corrected chi connectivity index (χ3v) is 4.36. The number of hydrogen-bond acceptors (Lipinski definition) is 2. The summed E-state index contributed by atoms with van der Waals surface area (Å²) in [7, 11) is 0. The Hall–Kier alpha value is -2.95. The smallest absolute Gasteiger partial charge is 0.255 e. The largest absolute Gasteiger partial charge is 0.339 e. The summed E-state index contributed by atoms with van der Waals surface area (Å²) in [5.41, 5.74) is 1.72. The van der Waals surface area contributed by atoms with E-state index in [2.05, 4.69) is 5.32 Å². The fourth-order valence-corrected chi connectivity index (χ4v) is 2.97. The molecule has 1 aliphatic heterocycles. The fourth-order valence-electron chi connectivity index (χ4n) is 2.97. The van der Waals surface area contributed by atoms with Gasteiger partial charge >= 0.3 is 0 Å². The molecule has 26 heavy (non-hydrogen) atoms. The molecule has 134 valence electrons. The van der Waals surface area contributed by atoms with Crippen molar-refractivity contribution in [3.63, 3.8) is 0 Å². The highest BCUT2D eigenvalue weighted by molar-refractivity contribution is 6.07. The van der Waals surface area contributed by atoms with Crippen LogP contribution in [0.2, 0.25) is 0 Å². The molecule has 4 nitrogen and oxygen atoms in total. The van der Waals surface area contributed by atoms with Crippen molar-refractivity contribution in [2.45, 2.75) is 19.3 Å². The van der Waals surface area contributed by atoms with E-state index in [0.29, 0.717) is 11.3 Å². The maximum Gasteiger partial charge on any atom is 0.255 e. The summed E-state index contributed by atoms with van der Waals surface area (Å²) in [6, 6.07) is 12.9. The monoisotopic (exact) mass is 352 g/mol. The molecule has 2 aromatic carbocycles. The van der Waals surface area contributed by atoms with E-state index in [-0.39, 0.29) is 17.6 Å². The number of nitrogens with one attached hydrogen (secondary N) is 1. The van der Waals surface area contributed by atoms with Gasteiger partial charge in [0.25, 0.3) is 5.91 Å². The number of carbonyl (C=O) groups excluding carboxylic acids is 2. The van der Waals surface area contributed by atoms with Crippen molar-refractivity contribution in [3.8, 4) is 0 Å². The lowest BCUT2D eigenvalue weighted by Crippen LogP contribution is -2.36. The van der Waals surface area contributed by atoms with Gasteiger partial charge in [-0.25, -0.2) is 4.39 Å². The molecule has 0 spiro atoms. The number of piperidine rings is 1. The number of rotatable bonds is 4. The Morgan fingerprint density at radius 3 is 2.38 bits per heavy atom. The van der Waals surface area contributed by atoms with E-state index < -0.39 is 0 Å². The SMILES string of the molecule is O=C(/C=C/c1ccc(F)cc1)Nc1ccccc1C(=O)N1CCCCC1. The lowest BCUT2D eigenvalue weighted by molar-refractivity contribution is -0.111. The molecular formula is C21H21FN2O2. The molecule has 1 aliphatic rings. The zero-order chi connectivity index (χ0) is 18.4. The standard InChI is InChI=1S/C21H21FN2O2/c22-17-11-8-16(9-12-17)10-13-20(25)23-19-7-3-2-6-18(19)21(26)24-14-4-1-5-15-24/h2-3,6-13H,1,4-5,14-15H2,(H,23,25)/b13-10+. The van der Waals surface area contributed by atoms with Gasteiger partial charge < -0.3 is 10.2 Å². The lowest BCUT2D eigenvalue weighted by Gasteiger charge is -2.27. The van der Waals surface area contributed by atoms with Crippen LogP contribution in [-0.2, 0) is 4.79 Å². The van der Waals surface area contributed by atoms with Crippen LogP contribution >= 0.6 is 0 Å². The van der Waals surface area contributed by atoms with Gasteiger partial charge in [0.15, 0.2) is 0 Å². The fraction of sp³-hybridized carbons (Fsp3) is 0.238. The first-order valence-corrected chi connectivity index (χ1v) is 8.76. The van der Waals surface area contributed by atoms with E-state index in [1.165, 1.54) is 18.2 Å².